The molecule has 0 unspecified atom stereocenters. The molecule has 2 heterocycles. The molecule has 2 atom stereocenters. The maximum absolute atomic E-state index is 12.8. The highest BCUT2D eigenvalue weighted by Crippen LogP contribution is 2.20. The number of carbonyl (C=O) groups is 2. The number of alkyl carbamates (subject to hydrolysis) is 1. The largest absolute Gasteiger partial charge is 0.444 e. The van der Waals surface area contributed by atoms with E-state index in [1.165, 1.54) is 10.7 Å². The monoisotopic (exact) mass is 374 g/mol. The minimum absolute atomic E-state index is 0.174. The molecule has 1 aliphatic rings. The Morgan fingerprint density at radius 1 is 1.19 bits per heavy atom. The van der Waals surface area contributed by atoms with Crippen molar-refractivity contribution in [3.63, 3.8) is 0 Å². The Bertz CT molecular complexity index is 841. The first-order chi connectivity index (χ1) is 12.7. The summed E-state index contributed by atoms with van der Waals surface area (Å²) in [4.78, 5) is 33.2. The molecular weight excluding hydrogens is 348 g/mol. The maximum atomic E-state index is 12.8. The molecule has 0 spiro atoms. The summed E-state index contributed by atoms with van der Waals surface area (Å²) in [5, 5.41) is 10.2. The van der Waals surface area contributed by atoms with Crippen LogP contribution in [0.25, 0.3) is 5.78 Å². The molecule has 3 rings (SSSR count). The second-order valence-electron chi connectivity index (χ2n) is 7.82. The highest BCUT2D eigenvalue weighted by atomic mass is 16.6. The zero-order valence-corrected chi connectivity index (χ0v) is 16.2. The zero-order valence-electron chi connectivity index (χ0n) is 16.2. The van der Waals surface area contributed by atoms with E-state index in [4.69, 9.17) is 4.74 Å². The number of amides is 2. The van der Waals surface area contributed by atoms with Crippen molar-refractivity contribution >= 4 is 17.8 Å². The van der Waals surface area contributed by atoms with Crippen LogP contribution in [0.4, 0.5) is 4.79 Å². The van der Waals surface area contributed by atoms with Crippen molar-refractivity contribution in [1.29, 1.82) is 0 Å². The van der Waals surface area contributed by atoms with Gasteiger partial charge >= 0.3 is 6.09 Å². The number of ether oxygens (including phenoxy) is 1. The Morgan fingerprint density at radius 3 is 2.52 bits per heavy atom. The number of carbonyl (C=O) groups excluding carboxylic acids is 2. The summed E-state index contributed by atoms with van der Waals surface area (Å²) in [6.45, 7) is 7.21. The lowest BCUT2D eigenvalue weighted by molar-refractivity contribution is 0.0474. The van der Waals surface area contributed by atoms with Crippen LogP contribution in [0.2, 0.25) is 0 Å². The van der Waals surface area contributed by atoms with Gasteiger partial charge in [-0.25, -0.2) is 9.78 Å². The van der Waals surface area contributed by atoms with Crippen molar-refractivity contribution in [2.24, 2.45) is 0 Å². The Morgan fingerprint density at radius 2 is 1.85 bits per heavy atom. The lowest BCUT2D eigenvalue weighted by atomic mass is 9.90. The fourth-order valence-corrected chi connectivity index (χ4v) is 3.24. The summed E-state index contributed by atoms with van der Waals surface area (Å²) in [6.07, 6.45) is 4.64. The van der Waals surface area contributed by atoms with Crippen LogP contribution < -0.4 is 10.6 Å². The van der Waals surface area contributed by atoms with Crippen LogP contribution in [-0.2, 0) is 4.74 Å². The highest BCUT2D eigenvalue weighted by molar-refractivity contribution is 5.93. The molecule has 27 heavy (non-hydrogen) atoms. The lowest BCUT2D eigenvalue weighted by Gasteiger charge is -2.33. The van der Waals surface area contributed by atoms with E-state index in [1.807, 2.05) is 20.8 Å². The van der Waals surface area contributed by atoms with Crippen LogP contribution in [0.1, 0.15) is 62.8 Å². The summed E-state index contributed by atoms with van der Waals surface area (Å²) in [5.41, 5.74) is -0.201. The second-order valence-corrected chi connectivity index (χ2v) is 7.82. The molecule has 0 aromatic carbocycles. The lowest BCUT2D eigenvalue weighted by Crippen LogP contribution is -2.54. The minimum Gasteiger partial charge on any atom is -0.444 e. The Kier molecular flexibility index (Phi) is 5.29. The van der Waals surface area contributed by atoms with Crippen molar-refractivity contribution in [3.8, 4) is 0 Å². The van der Waals surface area contributed by atoms with Gasteiger partial charge in [0.15, 0.2) is 0 Å². The van der Waals surface area contributed by atoms with Crippen LogP contribution in [-0.4, -0.2) is 49.3 Å². The molecule has 9 heteroatoms. The topological polar surface area (TPSA) is 111 Å². The summed E-state index contributed by atoms with van der Waals surface area (Å²) in [7, 11) is 0. The van der Waals surface area contributed by atoms with Gasteiger partial charge in [-0.15, -0.1) is 5.10 Å². The van der Waals surface area contributed by atoms with E-state index < -0.39 is 11.7 Å². The van der Waals surface area contributed by atoms with Gasteiger partial charge in [-0.1, -0.05) is 12.8 Å². The third kappa shape index (κ3) is 4.72. The van der Waals surface area contributed by atoms with Crippen molar-refractivity contribution < 1.29 is 14.3 Å². The number of nitrogens with zero attached hydrogens (tertiary/aromatic N) is 4. The predicted molar refractivity (Wildman–Crippen MR) is 98.4 cm³/mol. The van der Waals surface area contributed by atoms with Gasteiger partial charge in [0, 0.05) is 12.2 Å². The first kappa shape index (κ1) is 19.1. The van der Waals surface area contributed by atoms with Gasteiger partial charge in [-0.3, -0.25) is 4.79 Å². The first-order valence-electron chi connectivity index (χ1n) is 9.22. The van der Waals surface area contributed by atoms with E-state index in [0.717, 1.165) is 25.7 Å². The van der Waals surface area contributed by atoms with Gasteiger partial charge in [-0.2, -0.15) is 9.50 Å². The minimum atomic E-state index is -0.564. The number of aryl methyl sites for hydroxylation is 1. The number of fused-ring (bicyclic) bond motifs is 1. The molecule has 0 bridgehead atoms. The number of nitrogens with one attached hydrogen (secondary N) is 2. The average Bonchev–Trinajstić information content (AvgIpc) is 2.94. The first-order valence-corrected chi connectivity index (χ1v) is 9.22. The molecule has 1 aliphatic carbocycles. The van der Waals surface area contributed by atoms with Crippen molar-refractivity contribution in [3.05, 3.63) is 23.8 Å². The van der Waals surface area contributed by atoms with Gasteiger partial charge in [0.1, 0.15) is 17.1 Å². The fraction of sp³-hybridized carbons (Fsp3) is 0.611. The number of rotatable bonds is 3. The normalized spacial score (nSPS) is 20.3. The van der Waals surface area contributed by atoms with Gasteiger partial charge in [0.25, 0.3) is 11.7 Å². The van der Waals surface area contributed by atoms with E-state index in [0.29, 0.717) is 17.3 Å². The van der Waals surface area contributed by atoms with Gasteiger partial charge in [-0.05, 0) is 46.6 Å². The molecule has 2 aromatic rings. The van der Waals surface area contributed by atoms with Crippen LogP contribution in [0.3, 0.4) is 0 Å². The Labute approximate surface area is 157 Å². The van der Waals surface area contributed by atoms with Gasteiger partial charge in [0.2, 0.25) is 0 Å². The molecule has 9 nitrogen and oxygen atoms in total. The Hall–Kier alpha value is -2.71. The van der Waals surface area contributed by atoms with Crippen molar-refractivity contribution in [2.75, 3.05) is 0 Å². The Balaban J connectivity index is 1.71. The quantitative estimate of drug-likeness (QED) is 0.850. The van der Waals surface area contributed by atoms with E-state index in [1.54, 1.807) is 13.0 Å². The predicted octanol–water partition coefficient (Wildman–Crippen LogP) is 2.00. The molecule has 1 fully saturated rings. The van der Waals surface area contributed by atoms with Crippen LogP contribution in [0.5, 0.6) is 0 Å². The molecule has 0 saturated heterocycles. The van der Waals surface area contributed by atoms with Gasteiger partial charge in [0.05, 0.1) is 6.04 Å². The highest BCUT2D eigenvalue weighted by Gasteiger charge is 2.30. The molecule has 2 amide bonds. The smallest absolute Gasteiger partial charge is 0.407 e. The maximum Gasteiger partial charge on any atom is 0.407 e. The fourth-order valence-electron chi connectivity index (χ4n) is 3.24. The van der Waals surface area contributed by atoms with Crippen LogP contribution in [0.15, 0.2) is 12.3 Å². The number of hydrogen-bond acceptors (Lipinski definition) is 6. The molecule has 2 N–H and O–H groups in total. The molecule has 0 radical (unpaired) electrons. The van der Waals surface area contributed by atoms with E-state index >= 15 is 0 Å². The average molecular weight is 374 g/mol. The molecule has 2 aromatic heterocycles. The molecular formula is C18H26N6O3. The second kappa shape index (κ2) is 7.50. The van der Waals surface area contributed by atoms with Crippen molar-refractivity contribution in [2.45, 2.75) is 71.1 Å². The summed E-state index contributed by atoms with van der Waals surface area (Å²) < 4.78 is 6.78. The molecule has 1 saturated carbocycles. The summed E-state index contributed by atoms with van der Waals surface area (Å²) in [5.74, 6) is 0.660. The van der Waals surface area contributed by atoms with E-state index in [9.17, 15) is 9.59 Å². The standard InChI is InChI=1S/C18H26N6O3/c1-11-20-16-19-10-9-14(24(16)23-11)15(25)21-12-7-5-6-8-13(12)22-17(26)27-18(2,3)4/h9-10,12-13H,5-8H2,1-4H3,(H,21,25)(H,22,26)/t12-,13+/m1/s1. The third-order valence-corrected chi connectivity index (χ3v) is 4.36. The third-order valence-electron chi connectivity index (χ3n) is 4.36. The SMILES string of the molecule is Cc1nc2nccc(C(=O)N[C@@H]3CCCC[C@@H]3NC(=O)OC(C)(C)C)n2n1. The van der Waals surface area contributed by atoms with Crippen molar-refractivity contribution in [1.82, 2.24) is 30.2 Å². The molecule has 146 valence electrons. The van der Waals surface area contributed by atoms with E-state index in [-0.39, 0.29) is 18.0 Å². The van der Waals surface area contributed by atoms with Crippen LogP contribution in [0, 0.1) is 6.92 Å². The molecule has 0 aliphatic heterocycles. The van der Waals surface area contributed by atoms with E-state index in [2.05, 4.69) is 25.7 Å². The number of aromatic nitrogens is 4. The summed E-state index contributed by atoms with van der Waals surface area (Å²) >= 11 is 0. The summed E-state index contributed by atoms with van der Waals surface area (Å²) in [6, 6.07) is 1.26. The zero-order chi connectivity index (χ0) is 19.6. The number of hydrogen-bond donors (Lipinski definition) is 2. The van der Waals surface area contributed by atoms with Crippen LogP contribution >= 0.6 is 0 Å². The van der Waals surface area contributed by atoms with Gasteiger partial charge < -0.3 is 15.4 Å².